The van der Waals surface area contributed by atoms with Crippen molar-refractivity contribution in [2.45, 2.75) is 13.8 Å². The SMILES string of the molecule is COc1c(C(C)=O)cc(Cl)c(C)c1I.O=C([O-])[O-].[K+].[K+]. The maximum absolute atomic E-state index is 11.3. The molecule has 100 valence electrons. The molecule has 0 fully saturated rings. The summed E-state index contributed by atoms with van der Waals surface area (Å²) in [5, 5.41) is 17.3. The average Bonchev–Trinajstić information content (AvgIpc) is 2.24. The van der Waals surface area contributed by atoms with E-state index in [2.05, 4.69) is 22.6 Å². The molecule has 0 aliphatic rings. The zero-order valence-electron chi connectivity index (χ0n) is 11.9. The Kier molecular flexibility index (Phi) is 18.5. The molecule has 0 spiro atoms. The Morgan fingerprint density at radius 3 is 2.00 bits per heavy atom. The number of ketones is 1. The Balaban J connectivity index is -0.000000429. The number of carbonyl (C=O) groups is 2. The maximum Gasteiger partial charge on any atom is 1.00 e. The molecule has 0 radical (unpaired) electrons. The van der Waals surface area contributed by atoms with E-state index in [-0.39, 0.29) is 109 Å². The Morgan fingerprint density at radius 1 is 1.30 bits per heavy atom. The first-order chi connectivity index (χ1) is 8.22. The van der Waals surface area contributed by atoms with Crippen molar-refractivity contribution in [3.8, 4) is 5.75 Å². The van der Waals surface area contributed by atoms with Gasteiger partial charge in [-0.1, -0.05) is 11.6 Å². The van der Waals surface area contributed by atoms with Crippen LogP contribution in [0.4, 0.5) is 4.79 Å². The van der Waals surface area contributed by atoms with Gasteiger partial charge in [-0.25, -0.2) is 0 Å². The Hall–Kier alpha value is 2.25. The van der Waals surface area contributed by atoms with Gasteiger partial charge in [0.25, 0.3) is 0 Å². The molecule has 0 aromatic heterocycles. The van der Waals surface area contributed by atoms with Crippen LogP contribution in [0.3, 0.4) is 0 Å². The van der Waals surface area contributed by atoms with E-state index in [0.29, 0.717) is 16.3 Å². The second kappa shape index (κ2) is 13.7. The first-order valence-electron chi connectivity index (χ1n) is 4.63. The third kappa shape index (κ3) is 9.40. The zero-order chi connectivity index (χ0) is 14.5. The second-order valence-corrected chi connectivity index (χ2v) is 4.67. The van der Waals surface area contributed by atoms with Crippen LogP contribution in [0.15, 0.2) is 6.07 Å². The van der Waals surface area contributed by atoms with Crippen molar-refractivity contribution >= 4 is 46.1 Å². The molecule has 0 amide bonds. The summed E-state index contributed by atoms with van der Waals surface area (Å²) in [5.41, 5.74) is 1.47. The Morgan fingerprint density at radius 2 is 1.70 bits per heavy atom. The summed E-state index contributed by atoms with van der Waals surface area (Å²) in [5.74, 6) is 0.571. The molecule has 0 unspecified atom stereocenters. The third-order valence-corrected chi connectivity index (χ3v) is 3.68. The summed E-state index contributed by atoms with van der Waals surface area (Å²) in [6, 6.07) is 1.65. The van der Waals surface area contributed by atoms with E-state index in [1.54, 1.807) is 13.2 Å². The number of carbonyl (C=O) groups excluding carboxylic acids is 2. The van der Waals surface area contributed by atoms with Crippen molar-refractivity contribution in [2.24, 2.45) is 0 Å². The monoisotopic (exact) mass is 462 g/mol. The van der Waals surface area contributed by atoms with Crippen molar-refractivity contribution in [1.82, 2.24) is 0 Å². The number of hydrogen-bond acceptors (Lipinski definition) is 5. The van der Waals surface area contributed by atoms with Crippen LogP contribution < -0.4 is 118 Å². The summed E-state index contributed by atoms with van der Waals surface area (Å²) >= 11 is 8.11. The summed E-state index contributed by atoms with van der Waals surface area (Å²) in [6.45, 7) is 3.40. The molecule has 0 bridgehead atoms. The van der Waals surface area contributed by atoms with Gasteiger partial charge in [-0.15, -0.1) is 0 Å². The predicted octanol–water partition coefficient (Wildman–Crippen LogP) is -4.97. The van der Waals surface area contributed by atoms with E-state index in [4.69, 9.17) is 31.3 Å². The van der Waals surface area contributed by atoms with E-state index in [9.17, 15) is 4.79 Å². The quantitative estimate of drug-likeness (QED) is 0.250. The zero-order valence-corrected chi connectivity index (χ0v) is 21.0. The van der Waals surface area contributed by atoms with Gasteiger partial charge in [-0.05, 0) is 54.2 Å². The van der Waals surface area contributed by atoms with Gasteiger partial charge in [0.2, 0.25) is 0 Å². The van der Waals surface area contributed by atoms with E-state index >= 15 is 0 Å². The average molecular weight is 463 g/mol. The molecule has 0 saturated heterocycles. The van der Waals surface area contributed by atoms with Crippen molar-refractivity contribution < 1.29 is 127 Å². The maximum atomic E-state index is 11.3. The topological polar surface area (TPSA) is 89.5 Å². The predicted molar refractivity (Wildman–Crippen MR) is 70.9 cm³/mol. The number of ether oxygens (including phenoxy) is 1. The van der Waals surface area contributed by atoms with Gasteiger partial charge < -0.3 is 19.7 Å². The van der Waals surface area contributed by atoms with Gasteiger partial charge in [-0.3, -0.25) is 4.79 Å². The van der Waals surface area contributed by atoms with Crippen LogP contribution in [0.5, 0.6) is 5.75 Å². The molecule has 0 heterocycles. The fraction of sp³-hybridized carbons (Fsp3) is 0.273. The number of hydrogen-bond donors (Lipinski definition) is 0. The van der Waals surface area contributed by atoms with Gasteiger partial charge in [-0.2, -0.15) is 0 Å². The van der Waals surface area contributed by atoms with E-state index in [0.717, 1.165) is 9.13 Å². The minimum Gasteiger partial charge on any atom is -0.652 e. The van der Waals surface area contributed by atoms with E-state index < -0.39 is 6.16 Å². The second-order valence-electron chi connectivity index (χ2n) is 3.18. The molecular formula is C11H10ClIK2O5. The Labute approximate surface area is 221 Å². The fourth-order valence-electron chi connectivity index (χ4n) is 1.15. The Bertz CT molecular complexity index is 478. The largest absolute Gasteiger partial charge is 1.00 e. The van der Waals surface area contributed by atoms with Crippen molar-refractivity contribution in [3.63, 3.8) is 0 Å². The van der Waals surface area contributed by atoms with Crippen LogP contribution in [-0.4, -0.2) is 19.0 Å². The van der Waals surface area contributed by atoms with Crippen molar-refractivity contribution in [1.29, 1.82) is 0 Å². The smallest absolute Gasteiger partial charge is 0.652 e. The fourth-order valence-corrected chi connectivity index (χ4v) is 2.32. The first kappa shape index (κ1) is 27.1. The molecule has 9 heteroatoms. The summed E-state index contributed by atoms with van der Waals surface area (Å²) in [6.07, 6.45) is -2.33. The number of carboxylic acid groups (broad SMARTS) is 2. The number of halogens is 2. The summed E-state index contributed by atoms with van der Waals surface area (Å²) < 4.78 is 6.08. The van der Waals surface area contributed by atoms with Crippen LogP contribution in [-0.2, 0) is 0 Å². The molecule has 0 aliphatic heterocycles. The number of methoxy groups -OCH3 is 1. The number of rotatable bonds is 2. The summed E-state index contributed by atoms with van der Waals surface area (Å²) in [7, 11) is 1.55. The summed E-state index contributed by atoms with van der Waals surface area (Å²) in [4.78, 5) is 19.6. The van der Waals surface area contributed by atoms with Crippen LogP contribution in [0.25, 0.3) is 0 Å². The molecule has 1 aromatic rings. The van der Waals surface area contributed by atoms with Crippen LogP contribution >= 0.6 is 34.2 Å². The molecule has 1 aromatic carbocycles. The molecule has 0 atom stereocenters. The van der Waals surface area contributed by atoms with Crippen LogP contribution in [0.1, 0.15) is 22.8 Å². The minimum atomic E-state index is -2.33. The molecule has 0 aliphatic carbocycles. The van der Waals surface area contributed by atoms with Gasteiger partial charge >= 0.3 is 103 Å². The molecular weight excluding hydrogens is 453 g/mol. The third-order valence-electron chi connectivity index (χ3n) is 1.99. The number of benzene rings is 1. The van der Waals surface area contributed by atoms with Gasteiger partial charge in [0.1, 0.15) is 5.75 Å². The van der Waals surface area contributed by atoms with Crippen molar-refractivity contribution in [2.75, 3.05) is 7.11 Å². The van der Waals surface area contributed by atoms with Gasteiger partial charge in [0.15, 0.2) is 5.78 Å². The molecule has 1 rings (SSSR count). The van der Waals surface area contributed by atoms with Crippen LogP contribution in [0.2, 0.25) is 5.02 Å². The molecule has 0 saturated carbocycles. The van der Waals surface area contributed by atoms with Gasteiger partial charge in [0.05, 0.1) is 16.2 Å². The molecule has 5 nitrogen and oxygen atoms in total. The van der Waals surface area contributed by atoms with E-state index in [1.807, 2.05) is 6.92 Å². The molecule has 0 N–H and O–H groups in total. The number of Topliss-reactive ketones (excluding diaryl/α,β-unsaturated/α-hetero) is 1. The normalized spacial score (nSPS) is 8.25. The van der Waals surface area contributed by atoms with Gasteiger partial charge in [0, 0.05) is 5.02 Å². The minimum absolute atomic E-state index is 0. The standard InChI is InChI=1S/C10H10ClIO2.CH2O3.2K/c1-5-8(11)4-7(6(2)13)10(14-3)9(5)12;2-1(3)4;;/h4H,1-3H3;(H2,2,3,4);;/q;;2*+1/p-2. The van der Waals surface area contributed by atoms with E-state index in [1.165, 1.54) is 6.92 Å². The van der Waals surface area contributed by atoms with Crippen molar-refractivity contribution in [3.05, 3.63) is 25.8 Å². The first-order valence-corrected chi connectivity index (χ1v) is 6.09. The van der Waals surface area contributed by atoms with Crippen LogP contribution in [0, 0.1) is 10.5 Å². The molecule has 20 heavy (non-hydrogen) atoms.